The number of rotatable bonds is 22. The van der Waals surface area contributed by atoms with Gasteiger partial charge in [-0.25, -0.2) is 0 Å². The van der Waals surface area contributed by atoms with Crippen LogP contribution in [0.2, 0.25) is 0 Å². The number of hydrogen-bond donors (Lipinski definition) is 0. The first kappa shape index (κ1) is 62.3. The van der Waals surface area contributed by atoms with E-state index in [0.29, 0.717) is 30.3 Å². The van der Waals surface area contributed by atoms with E-state index in [4.69, 9.17) is 42.6 Å². The van der Waals surface area contributed by atoms with Crippen molar-refractivity contribution in [3.63, 3.8) is 0 Å². The van der Waals surface area contributed by atoms with Gasteiger partial charge in [0.15, 0.2) is 20.4 Å². The molecule has 0 aromatic heterocycles. The third-order valence-corrected chi connectivity index (χ3v) is 20.3. The molecule has 13 unspecified atom stereocenters. The molecule has 0 aromatic carbocycles. The van der Waals surface area contributed by atoms with Crippen LogP contribution in [-0.2, 0) is 71.4 Å². The molecule has 9 aliphatic carbocycles. The molecule has 0 saturated heterocycles. The highest BCUT2D eigenvalue weighted by molar-refractivity contribution is 5.78. The SMILES string of the molecule is CCC(C)(C)C(=O)OC1CC2CC(C(=O)OCOC3CCCCC3)C1C2.CCC(C)(C)C(=O)OC1CC2CC(C(=O)OCOCC3CCCCC3)C1C2.CCC(C)C(=O)OC1CC2CC(C(=O)OCOC3CCCCC3)C1C2. The Morgan fingerprint density at radius 1 is 0.449 bits per heavy atom. The lowest BCUT2D eigenvalue weighted by atomic mass is 9.86. The molecule has 444 valence electrons. The predicted molar refractivity (Wildman–Crippen MR) is 292 cm³/mol. The molecule has 15 nitrogen and oxygen atoms in total. The van der Waals surface area contributed by atoms with Crippen molar-refractivity contribution in [1.29, 1.82) is 0 Å². The van der Waals surface area contributed by atoms with Crippen molar-refractivity contribution in [2.45, 2.75) is 259 Å². The zero-order chi connectivity index (χ0) is 56.0. The molecule has 9 aliphatic rings. The highest BCUT2D eigenvalue weighted by Crippen LogP contribution is 2.53. The van der Waals surface area contributed by atoms with Gasteiger partial charge in [-0.3, -0.25) is 28.8 Å². The summed E-state index contributed by atoms with van der Waals surface area (Å²) in [5, 5.41) is 0. The van der Waals surface area contributed by atoms with Gasteiger partial charge in [-0.05, 0) is 167 Å². The van der Waals surface area contributed by atoms with Crippen molar-refractivity contribution in [3.8, 4) is 0 Å². The molecule has 9 rings (SSSR count). The third-order valence-electron chi connectivity index (χ3n) is 20.3. The van der Waals surface area contributed by atoms with E-state index in [1.165, 1.54) is 70.6 Å². The van der Waals surface area contributed by atoms with E-state index >= 15 is 0 Å². The molecule has 0 N–H and O–H groups in total. The molecule has 15 heteroatoms. The Morgan fingerprint density at radius 2 is 0.808 bits per heavy atom. The van der Waals surface area contributed by atoms with Crippen LogP contribution in [0.25, 0.3) is 0 Å². The van der Waals surface area contributed by atoms with Gasteiger partial charge in [-0.15, -0.1) is 0 Å². The minimum absolute atomic E-state index is 0.0521. The number of ether oxygens (including phenoxy) is 9. The standard InChI is InChI=1S/C22H36O5.C21H34O5.C20H32O5/c1-4-22(2,3)21(24)27-19-12-16-10-17(19)18(11-16)20(23)26-14-25-13-15-8-6-5-7-9-15;1-4-21(2,3)20(23)26-18-12-14-10-16(18)17(11-14)19(22)25-13-24-15-8-6-5-7-9-15;1-3-13(2)19(21)25-18-11-14-9-16(18)17(10-14)20(22)24-12-23-15-7-5-4-6-8-15/h15-19H,4-14H2,1-3H3;14-18H,4-13H2,1-3H3;13-18H,3-12H2,1-2H3. The highest BCUT2D eigenvalue weighted by Gasteiger charge is 2.54. The molecular weight excluding hydrogens is 997 g/mol. The summed E-state index contributed by atoms with van der Waals surface area (Å²) in [7, 11) is 0. The van der Waals surface area contributed by atoms with Gasteiger partial charge in [-0.2, -0.15) is 0 Å². The molecule has 0 aliphatic heterocycles. The van der Waals surface area contributed by atoms with Crippen molar-refractivity contribution in [1.82, 2.24) is 0 Å². The first-order valence-electron chi connectivity index (χ1n) is 31.3. The smallest absolute Gasteiger partial charge is 0.311 e. The quantitative estimate of drug-likeness (QED) is 0.0431. The fourth-order valence-corrected chi connectivity index (χ4v) is 14.2. The van der Waals surface area contributed by atoms with Crippen LogP contribution in [0.1, 0.15) is 229 Å². The van der Waals surface area contributed by atoms with Crippen LogP contribution in [0, 0.1) is 75.9 Å². The maximum Gasteiger partial charge on any atom is 0.311 e. The van der Waals surface area contributed by atoms with Gasteiger partial charge < -0.3 is 42.6 Å². The fraction of sp³-hybridized carbons (Fsp3) is 0.905. The normalized spacial score (nSPS) is 32.0. The Hall–Kier alpha value is -3.30. The molecular formula is C63H102O15. The van der Waals surface area contributed by atoms with Gasteiger partial charge >= 0.3 is 35.8 Å². The Labute approximate surface area is 467 Å². The van der Waals surface area contributed by atoms with E-state index in [1.54, 1.807) is 0 Å². The predicted octanol–water partition coefficient (Wildman–Crippen LogP) is 12.5. The van der Waals surface area contributed by atoms with Gasteiger partial charge in [0.25, 0.3) is 0 Å². The second-order valence-electron chi connectivity index (χ2n) is 26.6. The summed E-state index contributed by atoms with van der Waals surface area (Å²) in [6.45, 7) is 16.4. The molecule has 9 saturated carbocycles. The summed E-state index contributed by atoms with van der Waals surface area (Å²) in [5.41, 5.74) is -0.934. The highest BCUT2D eigenvalue weighted by atomic mass is 16.7. The monoisotopic (exact) mass is 1100 g/mol. The van der Waals surface area contributed by atoms with Crippen LogP contribution in [0.15, 0.2) is 0 Å². The summed E-state index contributed by atoms with van der Waals surface area (Å²) in [6.07, 6.45) is 28.5. The third kappa shape index (κ3) is 17.1. The number of hydrogen-bond acceptors (Lipinski definition) is 15. The largest absolute Gasteiger partial charge is 0.462 e. The van der Waals surface area contributed by atoms with Crippen molar-refractivity contribution in [2.75, 3.05) is 27.0 Å². The van der Waals surface area contributed by atoms with E-state index in [1.807, 2.05) is 55.4 Å². The summed E-state index contributed by atoms with van der Waals surface area (Å²) in [6, 6.07) is 0. The summed E-state index contributed by atoms with van der Waals surface area (Å²) < 4.78 is 50.6. The molecule has 0 heterocycles. The first-order valence-corrected chi connectivity index (χ1v) is 31.3. The van der Waals surface area contributed by atoms with E-state index in [-0.39, 0.29) is 128 Å². The minimum atomic E-state index is -0.467. The molecule has 0 spiro atoms. The minimum Gasteiger partial charge on any atom is -0.462 e. The summed E-state index contributed by atoms with van der Waals surface area (Å²) in [5.74, 6) is 0.922. The second-order valence-corrected chi connectivity index (χ2v) is 26.6. The van der Waals surface area contributed by atoms with Gasteiger partial charge in [0.05, 0.1) is 53.3 Å². The number of carbonyl (C=O) groups is 6. The molecule has 0 aromatic rings. The lowest BCUT2D eigenvalue weighted by Crippen LogP contribution is -2.37. The van der Waals surface area contributed by atoms with Crippen molar-refractivity contribution in [3.05, 3.63) is 0 Å². The lowest BCUT2D eigenvalue weighted by molar-refractivity contribution is -0.175. The summed E-state index contributed by atoms with van der Waals surface area (Å²) >= 11 is 0. The van der Waals surface area contributed by atoms with Crippen LogP contribution >= 0.6 is 0 Å². The van der Waals surface area contributed by atoms with Crippen molar-refractivity contribution < 1.29 is 71.4 Å². The van der Waals surface area contributed by atoms with Crippen LogP contribution in [0.5, 0.6) is 0 Å². The van der Waals surface area contributed by atoms with Crippen LogP contribution in [0.4, 0.5) is 0 Å². The number of fused-ring (bicyclic) bond motifs is 6. The van der Waals surface area contributed by atoms with Gasteiger partial charge in [0, 0.05) is 17.8 Å². The molecule has 9 fully saturated rings. The van der Waals surface area contributed by atoms with E-state index < -0.39 is 10.8 Å². The van der Waals surface area contributed by atoms with Crippen LogP contribution in [-0.4, -0.2) is 93.3 Å². The van der Waals surface area contributed by atoms with E-state index in [2.05, 4.69) is 0 Å². The zero-order valence-corrected chi connectivity index (χ0v) is 49.3. The first-order chi connectivity index (χ1) is 37.4. The number of esters is 6. The zero-order valence-electron chi connectivity index (χ0n) is 49.3. The topological polar surface area (TPSA) is 185 Å². The van der Waals surface area contributed by atoms with Gasteiger partial charge in [-0.1, -0.05) is 85.5 Å². The average molecular weight is 1100 g/mol. The van der Waals surface area contributed by atoms with Crippen molar-refractivity contribution in [2.24, 2.45) is 75.9 Å². The molecule has 0 radical (unpaired) electrons. The Morgan fingerprint density at radius 3 is 1.17 bits per heavy atom. The maximum absolute atomic E-state index is 12.5. The molecule has 78 heavy (non-hydrogen) atoms. The maximum atomic E-state index is 12.5. The Bertz CT molecular complexity index is 1930. The second kappa shape index (κ2) is 29.6. The number of carbonyl (C=O) groups excluding carboxylic acids is 6. The Balaban J connectivity index is 0.000000170. The van der Waals surface area contributed by atoms with Gasteiger partial charge in [0.1, 0.15) is 18.3 Å². The lowest BCUT2D eigenvalue weighted by Gasteiger charge is -2.31. The van der Waals surface area contributed by atoms with E-state index in [0.717, 1.165) is 103 Å². The van der Waals surface area contributed by atoms with Crippen LogP contribution < -0.4 is 0 Å². The molecule has 0 amide bonds. The molecule has 6 bridgehead atoms. The average Bonchev–Trinajstić information content (AvgIpc) is 4.36. The molecule has 13 atom stereocenters. The van der Waals surface area contributed by atoms with Crippen molar-refractivity contribution >= 4 is 35.8 Å². The van der Waals surface area contributed by atoms with Gasteiger partial charge in [0.2, 0.25) is 0 Å². The van der Waals surface area contributed by atoms with Crippen LogP contribution in [0.3, 0.4) is 0 Å². The van der Waals surface area contributed by atoms with E-state index in [9.17, 15) is 28.8 Å². The summed E-state index contributed by atoms with van der Waals surface area (Å²) in [4.78, 5) is 74.4. The Kier molecular flexibility index (Phi) is 23.6. The fourth-order valence-electron chi connectivity index (χ4n) is 14.2.